The van der Waals surface area contributed by atoms with E-state index < -0.39 is 0 Å². The van der Waals surface area contributed by atoms with Gasteiger partial charge in [-0.05, 0) is 43.9 Å². The summed E-state index contributed by atoms with van der Waals surface area (Å²) in [6, 6.07) is 6.26. The van der Waals surface area contributed by atoms with Crippen LogP contribution < -0.4 is 0 Å². The minimum atomic E-state index is 0.165. The molecule has 1 aromatic rings. The van der Waals surface area contributed by atoms with Crippen molar-refractivity contribution in [3.8, 4) is 0 Å². The van der Waals surface area contributed by atoms with Gasteiger partial charge in [-0.25, -0.2) is 0 Å². The van der Waals surface area contributed by atoms with E-state index in [4.69, 9.17) is 0 Å². The first kappa shape index (κ1) is 14.1. The molecule has 98 valence electrons. The Hall–Kier alpha value is -0.350. The van der Waals surface area contributed by atoms with Crippen LogP contribution in [0.3, 0.4) is 0 Å². The second-order valence-electron chi connectivity index (χ2n) is 4.68. The van der Waals surface area contributed by atoms with E-state index in [0.717, 1.165) is 40.3 Å². The fourth-order valence-corrected chi connectivity index (χ4v) is 2.98. The maximum absolute atomic E-state index is 12.6. The Labute approximate surface area is 125 Å². The lowest BCUT2D eigenvalue weighted by Crippen LogP contribution is -2.45. The van der Waals surface area contributed by atoms with Crippen LogP contribution in [0.5, 0.6) is 0 Å². The largest absolute Gasteiger partial charge is 0.335 e. The highest BCUT2D eigenvalue weighted by Gasteiger charge is 2.29. The van der Waals surface area contributed by atoms with Crippen LogP contribution in [0.4, 0.5) is 0 Å². The number of alkyl halides is 1. The van der Waals surface area contributed by atoms with Gasteiger partial charge in [0.25, 0.3) is 5.91 Å². The van der Waals surface area contributed by atoms with E-state index in [1.807, 2.05) is 30.0 Å². The zero-order chi connectivity index (χ0) is 13.1. The van der Waals surface area contributed by atoms with Crippen molar-refractivity contribution in [1.29, 1.82) is 0 Å². The Balaban J connectivity index is 2.24. The molecular formula is C14H17Br2NO. The monoisotopic (exact) mass is 373 g/mol. The molecule has 1 amide bonds. The molecule has 0 radical (unpaired) electrons. The summed E-state index contributed by atoms with van der Waals surface area (Å²) in [6.45, 7) is 2.78. The number of rotatable bonds is 4. The van der Waals surface area contributed by atoms with Gasteiger partial charge >= 0.3 is 0 Å². The number of nitrogens with zero attached hydrogens (tertiary/aromatic N) is 1. The van der Waals surface area contributed by atoms with Crippen molar-refractivity contribution >= 4 is 37.8 Å². The lowest BCUT2D eigenvalue weighted by atomic mass is 9.90. The third-order valence-electron chi connectivity index (χ3n) is 3.60. The van der Waals surface area contributed by atoms with Gasteiger partial charge in [-0.1, -0.05) is 37.9 Å². The second kappa shape index (κ2) is 6.20. The number of carbonyl (C=O) groups is 1. The summed E-state index contributed by atoms with van der Waals surface area (Å²) in [7, 11) is 0. The molecular weight excluding hydrogens is 358 g/mol. The highest BCUT2D eigenvalue weighted by molar-refractivity contribution is 9.10. The van der Waals surface area contributed by atoms with Crippen molar-refractivity contribution < 1.29 is 4.79 Å². The molecule has 1 aromatic carbocycles. The summed E-state index contributed by atoms with van der Waals surface area (Å²) in [5.74, 6) is 0.165. The maximum Gasteiger partial charge on any atom is 0.254 e. The van der Waals surface area contributed by atoms with E-state index in [1.54, 1.807) is 0 Å². The molecule has 0 bridgehead atoms. The molecule has 0 spiro atoms. The fraction of sp³-hybridized carbons (Fsp3) is 0.500. The number of benzene rings is 1. The number of hydrogen-bond acceptors (Lipinski definition) is 1. The fourth-order valence-electron chi connectivity index (χ4n) is 2.23. The van der Waals surface area contributed by atoms with Gasteiger partial charge in [0.15, 0.2) is 0 Å². The normalized spacial score (nSPS) is 15.3. The molecule has 4 heteroatoms. The van der Waals surface area contributed by atoms with Gasteiger partial charge in [-0.3, -0.25) is 4.79 Å². The van der Waals surface area contributed by atoms with Crippen LogP contribution in [0.2, 0.25) is 0 Å². The summed E-state index contributed by atoms with van der Waals surface area (Å²) < 4.78 is 1.00. The minimum Gasteiger partial charge on any atom is -0.335 e. The molecule has 0 aliphatic heterocycles. The van der Waals surface area contributed by atoms with Gasteiger partial charge in [0.2, 0.25) is 0 Å². The Morgan fingerprint density at radius 1 is 1.44 bits per heavy atom. The van der Waals surface area contributed by atoms with Crippen molar-refractivity contribution in [1.82, 2.24) is 4.90 Å². The zero-order valence-corrected chi connectivity index (χ0v) is 13.6. The first-order valence-electron chi connectivity index (χ1n) is 6.27. The van der Waals surface area contributed by atoms with Crippen LogP contribution in [-0.2, 0) is 0 Å². The van der Waals surface area contributed by atoms with Crippen LogP contribution >= 0.6 is 31.9 Å². The molecule has 1 saturated carbocycles. The molecule has 1 fully saturated rings. The van der Waals surface area contributed by atoms with Crippen molar-refractivity contribution in [2.45, 2.75) is 32.2 Å². The number of hydrogen-bond donors (Lipinski definition) is 0. The predicted molar refractivity (Wildman–Crippen MR) is 81.3 cm³/mol. The van der Waals surface area contributed by atoms with Crippen LogP contribution in [0.15, 0.2) is 22.7 Å². The van der Waals surface area contributed by atoms with Gasteiger partial charge in [0.1, 0.15) is 0 Å². The third kappa shape index (κ3) is 2.80. The molecule has 2 nitrogen and oxygen atoms in total. The molecule has 0 saturated heterocycles. The van der Waals surface area contributed by atoms with Gasteiger partial charge in [-0.15, -0.1) is 0 Å². The van der Waals surface area contributed by atoms with Crippen molar-refractivity contribution in [3.05, 3.63) is 33.8 Å². The Morgan fingerprint density at radius 2 is 2.17 bits per heavy atom. The van der Waals surface area contributed by atoms with Crippen molar-refractivity contribution in [3.63, 3.8) is 0 Å². The zero-order valence-electron chi connectivity index (χ0n) is 10.5. The highest BCUT2D eigenvalue weighted by Crippen LogP contribution is 2.28. The molecule has 0 aromatic heterocycles. The molecule has 0 atom stereocenters. The van der Waals surface area contributed by atoms with Crippen molar-refractivity contribution in [2.24, 2.45) is 0 Å². The van der Waals surface area contributed by atoms with E-state index in [-0.39, 0.29) is 5.91 Å². The Morgan fingerprint density at radius 3 is 2.72 bits per heavy atom. The molecule has 2 rings (SSSR count). The van der Waals surface area contributed by atoms with Crippen LogP contribution in [0.25, 0.3) is 0 Å². The van der Waals surface area contributed by atoms with E-state index >= 15 is 0 Å². The SMILES string of the molecule is Cc1c(Br)cccc1C(=O)N(CCBr)C1CCC1. The standard InChI is InChI=1S/C14H17Br2NO/c1-10-12(6-3-7-13(10)16)14(18)17(9-8-15)11-4-2-5-11/h3,6-7,11H,2,4-5,8-9H2,1H3. The molecule has 0 N–H and O–H groups in total. The first-order valence-corrected chi connectivity index (χ1v) is 8.18. The quantitative estimate of drug-likeness (QED) is 0.725. The van der Waals surface area contributed by atoms with E-state index in [0.29, 0.717) is 6.04 Å². The Kier molecular flexibility index (Phi) is 4.84. The van der Waals surface area contributed by atoms with Crippen LogP contribution in [0.1, 0.15) is 35.2 Å². The number of carbonyl (C=O) groups excluding carboxylic acids is 1. The van der Waals surface area contributed by atoms with Gasteiger partial charge in [-0.2, -0.15) is 0 Å². The summed E-state index contributed by atoms with van der Waals surface area (Å²) in [5.41, 5.74) is 1.85. The Bertz CT molecular complexity index is 443. The summed E-state index contributed by atoms with van der Waals surface area (Å²) in [5, 5.41) is 0.836. The molecule has 0 heterocycles. The third-order valence-corrected chi connectivity index (χ3v) is 4.81. The summed E-state index contributed by atoms with van der Waals surface area (Å²) in [6.07, 6.45) is 3.53. The van der Waals surface area contributed by atoms with Crippen LogP contribution in [-0.4, -0.2) is 28.7 Å². The molecule has 0 unspecified atom stereocenters. The average molecular weight is 375 g/mol. The smallest absolute Gasteiger partial charge is 0.254 e. The van der Waals surface area contributed by atoms with E-state index in [1.165, 1.54) is 6.42 Å². The van der Waals surface area contributed by atoms with E-state index in [9.17, 15) is 4.79 Å². The minimum absolute atomic E-state index is 0.165. The molecule has 18 heavy (non-hydrogen) atoms. The molecule has 1 aliphatic carbocycles. The second-order valence-corrected chi connectivity index (χ2v) is 6.33. The van der Waals surface area contributed by atoms with Gasteiger partial charge in [0.05, 0.1) is 0 Å². The summed E-state index contributed by atoms with van der Waals surface area (Å²) in [4.78, 5) is 14.6. The van der Waals surface area contributed by atoms with Gasteiger partial charge in [0, 0.05) is 28.0 Å². The molecule has 1 aliphatic rings. The maximum atomic E-state index is 12.6. The highest BCUT2D eigenvalue weighted by atomic mass is 79.9. The first-order chi connectivity index (χ1) is 8.65. The van der Waals surface area contributed by atoms with Gasteiger partial charge < -0.3 is 4.90 Å². The average Bonchev–Trinajstić information content (AvgIpc) is 2.29. The van der Waals surface area contributed by atoms with Crippen LogP contribution in [0, 0.1) is 6.92 Å². The topological polar surface area (TPSA) is 20.3 Å². The summed E-state index contributed by atoms with van der Waals surface area (Å²) >= 11 is 6.93. The lowest BCUT2D eigenvalue weighted by Gasteiger charge is -2.37. The number of halogens is 2. The van der Waals surface area contributed by atoms with Crippen molar-refractivity contribution in [2.75, 3.05) is 11.9 Å². The van der Waals surface area contributed by atoms with E-state index in [2.05, 4.69) is 31.9 Å². The lowest BCUT2D eigenvalue weighted by molar-refractivity contribution is 0.0599. The number of amides is 1. The predicted octanol–water partition coefficient (Wildman–Crippen LogP) is 4.15.